The molecule has 3 rings (SSSR count). The fourth-order valence-electron chi connectivity index (χ4n) is 3.75. The molecule has 104 valence electrons. The summed E-state index contributed by atoms with van der Waals surface area (Å²) in [6.07, 6.45) is 9.26. The topological polar surface area (TPSA) is 58.4 Å². The van der Waals surface area contributed by atoms with Gasteiger partial charge < -0.3 is 9.67 Å². The Morgan fingerprint density at radius 3 is 2.95 bits per heavy atom. The highest BCUT2D eigenvalue weighted by Gasteiger charge is 2.45. The number of nitrogens with zero attached hydrogens (tertiary/aromatic N) is 3. The van der Waals surface area contributed by atoms with Gasteiger partial charge in [-0.2, -0.15) is 0 Å². The van der Waals surface area contributed by atoms with Gasteiger partial charge >= 0.3 is 5.97 Å². The van der Waals surface area contributed by atoms with E-state index in [-0.39, 0.29) is 6.04 Å². The molecule has 0 spiro atoms. The number of carbonyl (C=O) groups is 1. The highest BCUT2D eigenvalue weighted by atomic mass is 16.4. The van der Waals surface area contributed by atoms with E-state index >= 15 is 0 Å². The normalized spacial score (nSPS) is 31.3. The maximum atomic E-state index is 11.5. The van der Waals surface area contributed by atoms with E-state index in [9.17, 15) is 9.90 Å². The summed E-state index contributed by atoms with van der Waals surface area (Å²) < 4.78 is 1.98. The van der Waals surface area contributed by atoms with Crippen molar-refractivity contribution >= 4 is 5.97 Å². The molecule has 0 unspecified atom stereocenters. The van der Waals surface area contributed by atoms with E-state index in [0.29, 0.717) is 18.5 Å². The number of rotatable bonds is 3. The molecule has 1 saturated carbocycles. The fourth-order valence-corrected chi connectivity index (χ4v) is 3.75. The Hall–Kier alpha value is -1.36. The first-order valence-electron chi connectivity index (χ1n) is 7.10. The molecule has 2 fully saturated rings. The van der Waals surface area contributed by atoms with Gasteiger partial charge in [-0.05, 0) is 25.2 Å². The molecule has 1 saturated heterocycles. The van der Waals surface area contributed by atoms with Gasteiger partial charge in [0.2, 0.25) is 0 Å². The summed E-state index contributed by atoms with van der Waals surface area (Å²) in [5, 5.41) is 9.46. The lowest BCUT2D eigenvalue weighted by Crippen LogP contribution is -2.42. The summed E-state index contributed by atoms with van der Waals surface area (Å²) in [7, 11) is 1.96. The maximum Gasteiger partial charge on any atom is 0.320 e. The molecule has 3 atom stereocenters. The number of imidazole rings is 1. The zero-order chi connectivity index (χ0) is 13.4. The van der Waals surface area contributed by atoms with Gasteiger partial charge in [-0.25, -0.2) is 4.98 Å². The van der Waals surface area contributed by atoms with Gasteiger partial charge in [-0.1, -0.05) is 12.8 Å². The van der Waals surface area contributed by atoms with Crippen molar-refractivity contribution in [1.29, 1.82) is 0 Å². The van der Waals surface area contributed by atoms with E-state index in [1.807, 2.05) is 17.8 Å². The minimum Gasteiger partial charge on any atom is -0.480 e. The van der Waals surface area contributed by atoms with Crippen molar-refractivity contribution < 1.29 is 9.90 Å². The summed E-state index contributed by atoms with van der Waals surface area (Å²) in [6.45, 7) is 0.703. The van der Waals surface area contributed by atoms with E-state index in [1.54, 1.807) is 6.33 Å². The number of fused-ring (bicyclic) bond motifs is 1. The van der Waals surface area contributed by atoms with Crippen LogP contribution < -0.4 is 0 Å². The van der Waals surface area contributed by atoms with Gasteiger partial charge in [0.25, 0.3) is 0 Å². The van der Waals surface area contributed by atoms with Crippen LogP contribution in [0.4, 0.5) is 0 Å². The number of aliphatic carboxylic acids is 1. The number of aryl methyl sites for hydroxylation is 1. The predicted molar refractivity (Wildman–Crippen MR) is 70.5 cm³/mol. The van der Waals surface area contributed by atoms with Crippen molar-refractivity contribution in [2.45, 2.75) is 50.7 Å². The Kier molecular flexibility index (Phi) is 3.31. The van der Waals surface area contributed by atoms with Crippen LogP contribution in [0.25, 0.3) is 0 Å². The second-order valence-corrected chi connectivity index (χ2v) is 5.87. The molecule has 2 aliphatic rings. The Morgan fingerprint density at radius 1 is 1.47 bits per heavy atom. The fraction of sp³-hybridized carbons (Fsp3) is 0.714. The third-order valence-electron chi connectivity index (χ3n) is 4.77. The lowest BCUT2D eigenvalue weighted by atomic mass is 9.85. The summed E-state index contributed by atoms with van der Waals surface area (Å²) in [4.78, 5) is 17.8. The van der Waals surface area contributed by atoms with Crippen LogP contribution in [-0.4, -0.2) is 37.6 Å². The molecule has 1 aromatic heterocycles. The molecule has 5 heteroatoms. The Labute approximate surface area is 113 Å². The highest BCUT2D eigenvalue weighted by Crippen LogP contribution is 2.40. The van der Waals surface area contributed by atoms with E-state index in [2.05, 4.69) is 9.88 Å². The third kappa shape index (κ3) is 2.27. The number of carboxylic acid groups (broad SMARTS) is 1. The molecule has 0 aromatic carbocycles. The maximum absolute atomic E-state index is 11.5. The van der Waals surface area contributed by atoms with Crippen LogP contribution in [0.15, 0.2) is 12.5 Å². The lowest BCUT2D eigenvalue weighted by Gasteiger charge is -2.32. The summed E-state index contributed by atoms with van der Waals surface area (Å²) in [5.74, 6) is -0.0976. The van der Waals surface area contributed by atoms with Crippen LogP contribution in [0, 0.1) is 5.92 Å². The molecular formula is C14H21N3O2. The van der Waals surface area contributed by atoms with Crippen LogP contribution in [0.1, 0.15) is 37.8 Å². The highest BCUT2D eigenvalue weighted by molar-refractivity contribution is 5.74. The molecular weight excluding hydrogens is 242 g/mol. The average Bonchev–Trinajstić information content (AvgIpc) is 2.95. The van der Waals surface area contributed by atoms with Crippen molar-refractivity contribution in [3.63, 3.8) is 0 Å². The number of likely N-dealkylation sites (tertiary alicyclic amines) is 1. The monoisotopic (exact) mass is 263 g/mol. The van der Waals surface area contributed by atoms with E-state index in [0.717, 1.165) is 18.5 Å². The van der Waals surface area contributed by atoms with E-state index in [1.165, 1.54) is 19.3 Å². The molecule has 0 amide bonds. The molecule has 19 heavy (non-hydrogen) atoms. The first-order valence-corrected chi connectivity index (χ1v) is 7.10. The third-order valence-corrected chi connectivity index (χ3v) is 4.77. The largest absolute Gasteiger partial charge is 0.480 e. The molecule has 1 aliphatic heterocycles. The van der Waals surface area contributed by atoms with Gasteiger partial charge in [0.1, 0.15) is 6.04 Å². The number of aromatic nitrogens is 2. The first kappa shape index (κ1) is 12.7. The second-order valence-electron chi connectivity index (χ2n) is 5.87. The SMILES string of the molecule is Cn1cncc1CN1[C@@H]2CCCC[C@H]2C[C@H]1C(=O)O. The molecule has 5 nitrogen and oxygen atoms in total. The van der Waals surface area contributed by atoms with E-state index in [4.69, 9.17) is 0 Å². The van der Waals surface area contributed by atoms with Crippen LogP contribution in [-0.2, 0) is 18.4 Å². The minimum atomic E-state index is -0.670. The van der Waals surface area contributed by atoms with Crippen LogP contribution in [0.2, 0.25) is 0 Å². The van der Waals surface area contributed by atoms with Crippen LogP contribution in [0.3, 0.4) is 0 Å². The molecule has 1 aromatic rings. The van der Waals surface area contributed by atoms with Gasteiger partial charge in [0.05, 0.1) is 12.0 Å². The Balaban J connectivity index is 1.82. The second kappa shape index (κ2) is 4.96. The van der Waals surface area contributed by atoms with Crippen molar-refractivity contribution in [2.75, 3.05) is 0 Å². The number of carboxylic acids is 1. The van der Waals surface area contributed by atoms with Gasteiger partial charge in [0.15, 0.2) is 0 Å². The number of hydrogen-bond donors (Lipinski definition) is 1. The Morgan fingerprint density at radius 2 is 2.26 bits per heavy atom. The van der Waals surface area contributed by atoms with Gasteiger partial charge in [-0.3, -0.25) is 9.69 Å². The molecule has 0 bridgehead atoms. The van der Waals surface area contributed by atoms with Gasteiger partial charge in [-0.15, -0.1) is 0 Å². The van der Waals surface area contributed by atoms with Crippen molar-refractivity contribution in [1.82, 2.24) is 14.5 Å². The molecule has 1 aliphatic carbocycles. The Bertz CT molecular complexity index is 471. The minimum absolute atomic E-state index is 0.317. The summed E-state index contributed by atoms with van der Waals surface area (Å²) in [5.41, 5.74) is 1.09. The molecule has 0 radical (unpaired) electrons. The van der Waals surface area contributed by atoms with Crippen molar-refractivity contribution in [2.24, 2.45) is 13.0 Å². The smallest absolute Gasteiger partial charge is 0.320 e. The number of hydrogen-bond acceptors (Lipinski definition) is 3. The van der Waals surface area contributed by atoms with Crippen molar-refractivity contribution in [3.05, 3.63) is 18.2 Å². The van der Waals surface area contributed by atoms with Crippen molar-refractivity contribution in [3.8, 4) is 0 Å². The zero-order valence-corrected chi connectivity index (χ0v) is 11.3. The van der Waals surface area contributed by atoms with Gasteiger partial charge in [0, 0.05) is 25.8 Å². The zero-order valence-electron chi connectivity index (χ0n) is 11.3. The summed E-state index contributed by atoms with van der Waals surface area (Å²) in [6, 6.07) is 0.132. The first-order chi connectivity index (χ1) is 9.16. The quantitative estimate of drug-likeness (QED) is 0.900. The van der Waals surface area contributed by atoms with Crippen LogP contribution >= 0.6 is 0 Å². The summed E-state index contributed by atoms with van der Waals surface area (Å²) >= 11 is 0. The standard InChI is InChI=1S/C14H21N3O2/c1-16-9-15-7-11(16)8-17-12-5-3-2-4-10(12)6-13(17)14(18)19/h7,9-10,12-13H,2-6,8H2,1H3,(H,18,19)/t10-,12+,13-/m0/s1. The van der Waals surface area contributed by atoms with Crippen LogP contribution in [0.5, 0.6) is 0 Å². The van der Waals surface area contributed by atoms with E-state index < -0.39 is 5.97 Å². The molecule has 2 heterocycles. The lowest BCUT2D eigenvalue weighted by molar-refractivity contribution is -0.142. The predicted octanol–water partition coefficient (Wildman–Crippen LogP) is 1.64. The average molecular weight is 263 g/mol. The molecule has 1 N–H and O–H groups in total.